The minimum atomic E-state index is -2.11. The van der Waals surface area contributed by atoms with Gasteiger partial charge in [-0.05, 0) is 120 Å². The van der Waals surface area contributed by atoms with Crippen molar-refractivity contribution in [2.45, 2.75) is 296 Å². The molecule has 0 aliphatic heterocycles. The zero-order chi connectivity index (χ0) is 108. The van der Waals surface area contributed by atoms with Crippen molar-refractivity contribution in [1.29, 1.82) is 5.41 Å². The van der Waals surface area contributed by atoms with E-state index in [1.54, 1.807) is 68.6 Å². The Kier molecular flexibility index (Phi) is 59.9. The van der Waals surface area contributed by atoms with Gasteiger partial charge in [-0.3, -0.25) is 116 Å². The average Bonchev–Trinajstić information content (AvgIpc) is 0.865. The van der Waals surface area contributed by atoms with Gasteiger partial charge in [-0.1, -0.05) is 89.5 Å². The second kappa shape index (κ2) is 65.9. The summed E-state index contributed by atoms with van der Waals surface area (Å²) < 4.78 is 0. The smallest absolute Gasteiger partial charge is 0.326 e. The molecule has 0 aliphatic carbocycles. The predicted octanol–water partition coefficient (Wildman–Crippen LogP) is -8.96. The first-order valence-corrected chi connectivity index (χ1v) is 47.7. The van der Waals surface area contributed by atoms with Gasteiger partial charge in [-0.2, -0.15) is 24.4 Å². The number of carbonyl (C=O) groups excluding carboxylic acids is 19. The average molecular weight is 2050 g/mol. The maximum absolute atomic E-state index is 14.5. The summed E-state index contributed by atoms with van der Waals surface area (Å²) in [6, 6.07) is -29.5. The molecule has 0 aliphatic rings. The zero-order valence-electron chi connectivity index (χ0n) is 81.9. The largest absolute Gasteiger partial charge is 0.481 e. The van der Waals surface area contributed by atoms with Crippen molar-refractivity contribution >= 4 is 172 Å². The highest BCUT2D eigenvalue weighted by Crippen LogP contribution is 2.17. The van der Waals surface area contributed by atoms with E-state index in [0.717, 1.165) is 11.8 Å². The van der Waals surface area contributed by atoms with Crippen LogP contribution in [0.1, 0.15) is 187 Å². The molecule has 0 saturated heterocycles. The first-order valence-electron chi connectivity index (χ1n) is 45.6. The van der Waals surface area contributed by atoms with Gasteiger partial charge in [0.05, 0.1) is 45.6 Å². The van der Waals surface area contributed by atoms with Crippen molar-refractivity contribution in [1.82, 2.24) is 106 Å². The number of thiol groups is 1. The number of nitrogens with one attached hydrogen (secondary N) is 21. The Morgan fingerprint density at radius 2 is 0.638 bits per heavy atom. The van der Waals surface area contributed by atoms with Crippen LogP contribution in [0, 0.1) is 40.9 Å². The van der Waals surface area contributed by atoms with E-state index in [1.165, 1.54) is 41.5 Å². The van der Waals surface area contributed by atoms with Gasteiger partial charge in [-0.15, -0.1) is 0 Å². The molecule has 0 rings (SSSR count). The molecule has 0 bridgehead atoms. The summed E-state index contributed by atoms with van der Waals surface area (Å²) in [5, 5.41) is 123. The molecule has 19 amide bonds. The lowest BCUT2D eigenvalue weighted by molar-refractivity contribution is -0.143. The van der Waals surface area contributed by atoms with Crippen LogP contribution in [0.4, 0.5) is 0 Å². The number of aliphatic hydroxyl groups excluding tert-OH is 2. The monoisotopic (exact) mass is 2050 g/mol. The molecule has 0 unspecified atom stereocenters. The van der Waals surface area contributed by atoms with Crippen LogP contribution in [-0.4, -0.2) is 343 Å². The Morgan fingerprint density at radius 3 is 1.01 bits per heavy atom. The van der Waals surface area contributed by atoms with Crippen molar-refractivity contribution in [3.05, 3.63) is 0 Å². The van der Waals surface area contributed by atoms with E-state index in [4.69, 9.17) is 16.9 Å². The topological polar surface area (TPSA) is 868 Å². The molecule has 0 aromatic carbocycles. The van der Waals surface area contributed by atoms with Crippen LogP contribution in [0.25, 0.3) is 0 Å². The SMILES string of the molecule is CC[C@H](C)[C@H](NC(=O)[C@H](CS)NC(=O)[C@H](C)NC(=O)[C@H](CC(C)C)NC(=O)[C@H](CCCNC(=N)N)NC(=O)[C@H](CC(C)C)NC(=O)[C@H](C)NC(=O)[C@H](CC(C)C)NC(=O)[C@H](C)NC(=O)[C@H](CC(=O)O)NC(=O)[C@H](CO)NC(=O)CN)C(=O)NCC(=O)N[C@@H](CC(=O)O)C(=O)N[C@@H](CCC(=O)O)C(=O)N[C@@H](CCSC)C(=O)N[C@@H](CC(=O)O)C(=O)N[C@H](C(=O)N[C@@H](CO)C(=O)N[C@@H](CC(C)C)C(=O)O)C(C)C. The molecule has 0 heterocycles. The first kappa shape index (κ1) is 128. The van der Waals surface area contributed by atoms with Crippen LogP contribution >= 0.6 is 24.4 Å². The number of guanidine groups is 1. The van der Waals surface area contributed by atoms with Gasteiger partial charge >= 0.3 is 29.8 Å². The molecule has 0 fully saturated rings. The van der Waals surface area contributed by atoms with E-state index in [0.29, 0.717) is 0 Å². The normalized spacial score (nSPS) is 15.2. The van der Waals surface area contributed by atoms with Crippen LogP contribution < -0.4 is 118 Å². The number of hydrogen-bond acceptors (Lipinski definition) is 30. The second-order valence-electron chi connectivity index (χ2n) is 35.5. The molecule has 32 N–H and O–H groups in total. The van der Waals surface area contributed by atoms with E-state index in [1.807, 2.05) is 0 Å². The Morgan fingerprint density at radius 1 is 0.333 bits per heavy atom. The molecular formula is C85H145N23O31S2. The van der Waals surface area contributed by atoms with Gasteiger partial charge in [0.1, 0.15) is 109 Å². The number of carbonyl (C=O) groups is 24. The maximum atomic E-state index is 14.5. The standard InChI is InChI=1S/C85H145N23O31S2/c1-17-42(12)66(82(136)90-33-60(112)94-52(29-62(115)116)77(131)97-47(20-21-61(113)114)71(125)98-48(22-24-141-16)72(126)102-54(31-64(119)120)78(132)107-65(41(10)11)83(137)105-57(35-110)80(134)104-55(84(138)139)28-40(8)9)108-81(135)58(36-140)106-69(123)45(15)92-74(128)50(26-38(4)5)101-70(124)46(19-18-23-89-85(87)88)96-76(130)51(27-39(6)7)100-68(122)43(13)91-73(127)49(25-37(2)3)99-67(121)44(14)93-75(129)53(30-63(117)118)103-79(133)56(34-109)95-59(111)32-86/h37-58,65-66,109-110,140H,17-36,86H2,1-16H3,(H,90,136)(H,91,127)(H,92,128)(H,93,129)(H,94,112)(H,95,111)(H,96,130)(H,97,131)(H,98,125)(H,99,121)(H,100,122)(H,101,124)(H,102,126)(H,103,133)(H,104,134)(H,105,137)(H,106,123)(H,107,132)(H,108,135)(H,113,114)(H,115,116)(H,117,118)(H,119,120)(H,138,139)(H4,87,88,89)/t42-,43-,44-,45-,46-,47-,48-,49-,50-,51-,52-,53-,54-,55-,56-,57-,58-,65-,66-/m0/s1. The summed E-state index contributed by atoms with van der Waals surface area (Å²) in [5.41, 5.74) is 10.8. The zero-order valence-corrected chi connectivity index (χ0v) is 83.6. The highest BCUT2D eigenvalue weighted by Gasteiger charge is 2.41. The van der Waals surface area contributed by atoms with Crippen LogP contribution in [0.5, 0.6) is 0 Å². The van der Waals surface area contributed by atoms with Crippen molar-refractivity contribution < 1.29 is 151 Å². The number of aliphatic hydroxyl groups is 2. The number of aliphatic carboxylic acids is 5. The minimum Gasteiger partial charge on any atom is -0.481 e. The van der Waals surface area contributed by atoms with Gasteiger partial charge in [0.15, 0.2) is 5.96 Å². The molecular weight excluding hydrogens is 1900 g/mol. The van der Waals surface area contributed by atoms with Crippen LogP contribution in [0.2, 0.25) is 0 Å². The predicted molar refractivity (Wildman–Crippen MR) is 507 cm³/mol. The van der Waals surface area contributed by atoms with E-state index in [-0.39, 0.29) is 87.3 Å². The summed E-state index contributed by atoms with van der Waals surface area (Å²) in [6.07, 6.45) is -3.99. The number of hydrogen-bond donors (Lipinski definition) is 31. The van der Waals surface area contributed by atoms with E-state index in [2.05, 4.69) is 119 Å². The Labute approximate surface area is 824 Å². The molecule has 141 heavy (non-hydrogen) atoms. The summed E-state index contributed by atoms with van der Waals surface area (Å²) in [7, 11) is 0. The van der Waals surface area contributed by atoms with Crippen molar-refractivity contribution in [2.75, 3.05) is 50.6 Å². The molecule has 0 saturated carbocycles. The van der Waals surface area contributed by atoms with Crippen molar-refractivity contribution in [2.24, 2.45) is 47.0 Å². The molecule has 0 radical (unpaired) electrons. The summed E-state index contributed by atoms with van der Waals surface area (Å²) in [6.45, 7) is 19.5. The molecule has 0 aromatic rings. The summed E-state index contributed by atoms with van der Waals surface area (Å²) >= 11 is 5.36. The molecule has 54 nitrogen and oxygen atoms in total. The third kappa shape index (κ3) is 50.7. The fraction of sp³-hybridized carbons (Fsp3) is 0.706. The lowest BCUT2D eigenvalue weighted by Gasteiger charge is -2.28. The Hall–Kier alpha value is -12.9. The maximum Gasteiger partial charge on any atom is 0.326 e. The number of nitrogens with two attached hydrogens (primary N) is 2. The quantitative estimate of drug-likeness (QED) is 0.0116. The number of rotatable bonds is 69. The Balaban J connectivity index is 6.78. The van der Waals surface area contributed by atoms with Gasteiger partial charge in [0, 0.05) is 18.7 Å². The number of thioether (sulfide) groups is 1. The van der Waals surface area contributed by atoms with Crippen molar-refractivity contribution in [3.8, 4) is 0 Å². The molecule has 798 valence electrons. The third-order valence-electron chi connectivity index (χ3n) is 20.9. The fourth-order valence-electron chi connectivity index (χ4n) is 13.1. The Bertz CT molecular complexity index is 4320. The van der Waals surface area contributed by atoms with E-state index < -0.39 is 333 Å². The molecule has 0 aromatic heterocycles. The number of carboxylic acids is 5. The van der Waals surface area contributed by atoms with Crippen LogP contribution in [0.15, 0.2) is 0 Å². The minimum absolute atomic E-state index is 0.00622. The fourth-order valence-corrected chi connectivity index (χ4v) is 13.8. The highest BCUT2D eigenvalue weighted by atomic mass is 32.2. The van der Waals surface area contributed by atoms with E-state index in [9.17, 15) is 151 Å². The number of amides is 19. The molecule has 19 atom stereocenters. The first-order chi connectivity index (χ1) is 65.7. The van der Waals surface area contributed by atoms with Gasteiger partial charge in [-0.25, -0.2) is 4.79 Å². The summed E-state index contributed by atoms with van der Waals surface area (Å²) in [4.78, 5) is 321. The second-order valence-corrected chi connectivity index (χ2v) is 36.9. The summed E-state index contributed by atoms with van der Waals surface area (Å²) in [5.74, 6) is -32.3. The van der Waals surface area contributed by atoms with Gasteiger partial charge < -0.3 is 154 Å². The van der Waals surface area contributed by atoms with Crippen LogP contribution in [0.3, 0.4) is 0 Å². The van der Waals surface area contributed by atoms with Crippen LogP contribution in [-0.2, 0) is 115 Å². The van der Waals surface area contributed by atoms with Crippen molar-refractivity contribution in [3.63, 3.8) is 0 Å². The lowest BCUT2D eigenvalue weighted by atomic mass is 9.98. The highest BCUT2D eigenvalue weighted by molar-refractivity contribution is 7.98. The van der Waals surface area contributed by atoms with E-state index >= 15 is 0 Å². The van der Waals surface area contributed by atoms with Gasteiger partial charge in [0.25, 0.3) is 0 Å². The molecule has 56 heteroatoms. The van der Waals surface area contributed by atoms with Gasteiger partial charge in [0.2, 0.25) is 112 Å². The third-order valence-corrected chi connectivity index (χ3v) is 21.9. The lowest BCUT2D eigenvalue weighted by Crippen LogP contribution is -2.61. The number of carboxylic acid groups (broad SMARTS) is 5. The molecule has 0 spiro atoms.